The summed E-state index contributed by atoms with van der Waals surface area (Å²) >= 11 is 0. The molecule has 7 aliphatic rings. The van der Waals surface area contributed by atoms with Crippen LogP contribution in [0.5, 0.6) is 0 Å². The van der Waals surface area contributed by atoms with E-state index < -0.39 is 24.1 Å². The van der Waals surface area contributed by atoms with Gasteiger partial charge >= 0.3 is 12.2 Å². The fourth-order valence-corrected chi connectivity index (χ4v) is 12.7. The molecule has 0 aromatic rings. The van der Waals surface area contributed by atoms with E-state index in [4.69, 9.17) is 29.4 Å². The predicted octanol–water partition coefficient (Wildman–Crippen LogP) is 7.21. The van der Waals surface area contributed by atoms with Gasteiger partial charge < -0.3 is 34.3 Å². The van der Waals surface area contributed by atoms with E-state index in [2.05, 4.69) is 27.4 Å². The van der Waals surface area contributed by atoms with Crippen LogP contribution in [0.25, 0.3) is 0 Å². The Balaban J connectivity index is 1.03. The van der Waals surface area contributed by atoms with Crippen LogP contribution in [0.2, 0.25) is 0 Å². The van der Waals surface area contributed by atoms with Gasteiger partial charge in [0.15, 0.2) is 12.4 Å². The molecule has 0 radical (unpaired) electrons. The molecule has 264 valence electrons. The first-order valence-electron chi connectivity index (χ1n) is 18.5. The number of fused-ring (bicyclic) bond motifs is 4. The fourth-order valence-electron chi connectivity index (χ4n) is 12.7. The second-order valence-corrected chi connectivity index (χ2v) is 18.4. The van der Waals surface area contributed by atoms with Crippen molar-refractivity contribution in [2.45, 2.75) is 149 Å². The zero-order valence-electron chi connectivity index (χ0n) is 30.0. The van der Waals surface area contributed by atoms with Crippen molar-refractivity contribution < 1.29 is 33.3 Å². The lowest BCUT2D eigenvalue weighted by Crippen LogP contribution is -2.56. The van der Waals surface area contributed by atoms with Crippen molar-refractivity contribution in [3.8, 4) is 0 Å². The number of carbonyl (C=O) groups is 2. The highest BCUT2D eigenvalue weighted by Gasteiger charge is 2.80. The molecule has 9 heteroatoms. The quantitative estimate of drug-likeness (QED) is 0.312. The van der Waals surface area contributed by atoms with Crippen molar-refractivity contribution in [1.29, 1.82) is 0 Å². The minimum atomic E-state index is -0.759. The number of nitrogens with zero attached hydrogens (tertiary/aromatic N) is 1. The van der Waals surface area contributed by atoms with E-state index in [0.717, 1.165) is 37.2 Å². The molecule has 47 heavy (non-hydrogen) atoms. The van der Waals surface area contributed by atoms with E-state index in [9.17, 15) is 9.59 Å². The SMILES string of the molecule is C=C(C)[C@@H](OC(N)=O)C1CCC2C(CC3C4CCC5C(C)(C)[C@@H](OC6CN(C(=O)OC(C)(C)C)CCO6)CC[C@@]56C[C@@]46CC[C@]23C)O1. The molecular formula is C38H60N2O7. The Morgan fingerprint density at radius 3 is 2.43 bits per heavy atom. The molecule has 2 aliphatic heterocycles. The first-order valence-corrected chi connectivity index (χ1v) is 18.5. The van der Waals surface area contributed by atoms with Gasteiger partial charge in [0.25, 0.3) is 0 Å². The molecule has 12 atom stereocenters. The van der Waals surface area contributed by atoms with E-state index in [1.807, 2.05) is 27.7 Å². The van der Waals surface area contributed by atoms with Crippen LogP contribution in [-0.4, -0.2) is 73.1 Å². The van der Waals surface area contributed by atoms with E-state index in [1.165, 1.54) is 38.5 Å². The standard InChI is InChI=1S/C38H60N2O7/c1-22(2)31(46-32(39)41)26-11-9-24-27(44-26)19-25-23-10-12-28-35(6,7)29(13-14-38(28)21-37(23,38)16-15-36(24,25)8)45-30-20-40(17-18-43-30)33(42)47-34(3,4)5/h23-31H,1,9-21H2,2-8H3,(H2,39,41)/t23?,24?,25?,26?,27?,28?,29-,30?,31+,36+,37-,38+/m0/s1. The molecule has 0 bridgehead atoms. The summed E-state index contributed by atoms with van der Waals surface area (Å²) in [5, 5.41) is 0. The number of hydrogen-bond donors (Lipinski definition) is 1. The first-order chi connectivity index (χ1) is 22.0. The monoisotopic (exact) mass is 656 g/mol. The van der Waals surface area contributed by atoms with E-state index >= 15 is 0 Å². The third kappa shape index (κ3) is 5.35. The van der Waals surface area contributed by atoms with Gasteiger partial charge in [0.05, 0.1) is 31.5 Å². The van der Waals surface area contributed by atoms with Gasteiger partial charge in [-0.25, -0.2) is 9.59 Å². The van der Waals surface area contributed by atoms with Gasteiger partial charge in [-0.15, -0.1) is 0 Å². The molecule has 5 aliphatic carbocycles. The summed E-state index contributed by atoms with van der Waals surface area (Å²) in [7, 11) is 0. The molecule has 5 saturated carbocycles. The van der Waals surface area contributed by atoms with Gasteiger partial charge in [-0.05, 0) is 143 Å². The zero-order chi connectivity index (χ0) is 33.7. The van der Waals surface area contributed by atoms with Crippen LogP contribution in [0, 0.1) is 45.3 Å². The van der Waals surface area contributed by atoms with Gasteiger partial charge in [0.1, 0.15) is 5.60 Å². The van der Waals surface area contributed by atoms with Crippen LogP contribution < -0.4 is 5.73 Å². The Morgan fingerprint density at radius 2 is 1.72 bits per heavy atom. The summed E-state index contributed by atoms with van der Waals surface area (Å²) < 4.78 is 30.8. The average molecular weight is 657 g/mol. The maximum Gasteiger partial charge on any atom is 0.410 e. The Labute approximate surface area is 282 Å². The maximum absolute atomic E-state index is 12.8. The Hall–Kier alpha value is -1.84. The normalized spacial score (nSPS) is 45.6. The number of nitrogens with two attached hydrogens (primary N) is 1. The summed E-state index contributed by atoms with van der Waals surface area (Å²) in [6, 6.07) is 0. The minimum absolute atomic E-state index is 0.0308. The topological polar surface area (TPSA) is 110 Å². The summed E-state index contributed by atoms with van der Waals surface area (Å²) in [6.07, 6.45) is 10.1. The summed E-state index contributed by atoms with van der Waals surface area (Å²) in [6.45, 7) is 20.6. The second-order valence-electron chi connectivity index (χ2n) is 18.4. The molecule has 7 unspecified atom stereocenters. The number of morpholine rings is 1. The number of carbonyl (C=O) groups excluding carboxylic acids is 2. The fraction of sp³-hybridized carbons (Fsp3) is 0.895. The van der Waals surface area contributed by atoms with Crippen LogP contribution in [0.3, 0.4) is 0 Å². The third-order valence-electron chi connectivity index (χ3n) is 14.6. The third-order valence-corrected chi connectivity index (χ3v) is 14.6. The molecule has 0 aromatic carbocycles. The van der Waals surface area contributed by atoms with Gasteiger partial charge in [-0.2, -0.15) is 0 Å². The van der Waals surface area contributed by atoms with Gasteiger partial charge in [-0.1, -0.05) is 27.4 Å². The molecule has 9 nitrogen and oxygen atoms in total. The minimum Gasteiger partial charge on any atom is -0.444 e. The van der Waals surface area contributed by atoms with Gasteiger partial charge in [0.2, 0.25) is 0 Å². The van der Waals surface area contributed by atoms with Crippen molar-refractivity contribution in [1.82, 2.24) is 4.90 Å². The lowest BCUT2D eigenvalue weighted by Gasteiger charge is -2.60. The lowest BCUT2D eigenvalue weighted by molar-refractivity contribution is -0.243. The van der Waals surface area contributed by atoms with Crippen LogP contribution in [0.1, 0.15) is 113 Å². The van der Waals surface area contributed by atoms with Crippen LogP contribution in [0.15, 0.2) is 12.2 Å². The van der Waals surface area contributed by atoms with Crippen molar-refractivity contribution >= 4 is 12.2 Å². The van der Waals surface area contributed by atoms with E-state index in [1.54, 1.807) is 4.90 Å². The van der Waals surface area contributed by atoms with E-state index in [0.29, 0.717) is 53.7 Å². The highest BCUT2D eigenvalue weighted by molar-refractivity contribution is 5.68. The van der Waals surface area contributed by atoms with Gasteiger partial charge in [-0.3, -0.25) is 0 Å². The van der Waals surface area contributed by atoms with Gasteiger partial charge in [0, 0.05) is 6.54 Å². The van der Waals surface area contributed by atoms with Crippen molar-refractivity contribution in [2.75, 3.05) is 19.7 Å². The smallest absolute Gasteiger partial charge is 0.410 e. The molecule has 2 amide bonds. The number of amides is 2. The Bertz CT molecular complexity index is 1280. The Morgan fingerprint density at radius 1 is 0.979 bits per heavy atom. The van der Waals surface area contributed by atoms with E-state index in [-0.39, 0.29) is 29.8 Å². The van der Waals surface area contributed by atoms with Crippen molar-refractivity contribution in [2.24, 2.45) is 51.1 Å². The lowest BCUT2D eigenvalue weighted by atomic mass is 9.46. The van der Waals surface area contributed by atoms with Crippen molar-refractivity contribution in [3.05, 3.63) is 12.2 Å². The highest BCUT2D eigenvalue weighted by Crippen LogP contribution is 2.87. The molecule has 0 aromatic heterocycles. The second kappa shape index (κ2) is 11.3. The molecule has 2 saturated heterocycles. The summed E-state index contributed by atoms with van der Waals surface area (Å²) in [5.41, 5.74) is 6.88. The summed E-state index contributed by atoms with van der Waals surface area (Å²) in [4.78, 5) is 26.2. The molecule has 7 rings (SSSR count). The van der Waals surface area contributed by atoms with Crippen LogP contribution in [-0.2, 0) is 23.7 Å². The molecule has 2 spiro atoms. The van der Waals surface area contributed by atoms with Crippen molar-refractivity contribution in [3.63, 3.8) is 0 Å². The molecule has 2 heterocycles. The molecule has 2 N–H and O–H groups in total. The predicted molar refractivity (Wildman–Crippen MR) is 177 cm³/mol. The zero-order valence-corrected chi connectivity index (χ0v) is 30.0. The number of hydrogen-bond acceptors (Lipinski definition) is 7. The molecule has 7 fully saturated rings. The largest absolute Gasteiger partial charge is 0.444 e. The first kappa shape index (κ1) is 33.6. The van der Waals surface area contributed by atoms with Crippen LogP contribution >= 0.6 is 0 Å². The number of ether oxygens (including phenoxy) is 5. The molecular weight excluding hydrogens is 596 g/mol. The number of rotatable bonds is 5. The van der Waals surface area contributed by atoms with Crippen LogP contribution in [0.4, 0.5) is 9.59 Å². The Kier molecular flexibility index (Phi) is 8.12. The summed E-state index contributed by atoms with van der Waals surface area (Å²) in [5.74, 6) is 2.62. The maximum atomic E-state index is 12.8. The highest BCUT2D eigenvalue weighted by atomic mass is 16.7. The number of primary amides is 1. The average Bonchev–Trinajstić information content (AvgIpc) is 3.56.